The quantitative estimate of drug-likeness (QED) is 0.742. The summed E-state index contributed by atoms with van der Waals surface area (Å²) in [7, 11) is -3.83. The van der Waals surface area contributed by atoms with Gasteiger partial charge in [0, 0.05) is 13.1 Å². The molecule has 0 aromatic rings. The number of nitrogens with one attached hydrogen (secondary N) is 1. The number of nitrogens with zero attached hydrogens (tertiary/aromatic N) is 1. The van der Waals surface area contributed by atoms with E-state index < -0.39 is 22.2 Å². The first-order valence-electron chi connectivity index (χ1n) is 6.83. The van der Waals surface area contributed by atoms with Gasteiger partial charge in [0.15, 0.2) is 0 Å². The average Bonchev–Trinajstić information content (AvgIpc) is 2.33. The first-order valence-corrected chi connectivity index (χ1v) is 8.27. The highest BCUT2D eigenvalue weighted by Crippen LogP contribution is 2.16. The molecular weight excluding hydrogens is 284 g/mol. The molecular formula is C12H24N2O5S. The van der Waals surface area contributed by atoms with Crippen LogP contribution in [-0.2, 0) is 19.7 Å². The van der Waals surface area contributed by atoms with Crippen LogP contribution in [0.15, 0.2) is 0 Å². The average molecular weight is 308 g/mol. The molecule has 0 saturated carbocycles. The van der Waals surface area contributed by atoms with Crippen molar-refractivity contribution in [3.63, 3.8) is 0 Å². The SMILES string of the molecule is CC[C@H](C)[C@H](NS(=O)(=O)N1CC(C)OC(C)C1)C(=O)O. The molecule has 0 aromatic heterocycles. The Hall–Kier alpha value is -0.700. The predicted octanol–water partition coefficient (Wildman–Crippen LogP) is 0.429. The van der Waals surface area contributed by atoms with Crippen LogP contribution in [0.25, 0.3) is 0 Å². The fraction of sp³-hybridized carbons (Fsp3) is 0.917. The minimum absolute atomic E-state index is 0.206. The van der Waals surface area contributed by atoms with Crippen LogP contribution in [0, 0.1) is 5.92 Å². The number of hydrogen-bond acceptors (Lipinski definition) is 4. The number of aliphatic carboxylic acids is 1. The van der Waals surface area contributed by atoms with Crippen LogP contribution >= 0.6 is 0 Å². The van der Waals surface area contributed by atoms with E-state index in [2.05, 4.69) is 4.72 Å². The first kappa shape index (κ1) is 17.4. The third-order valence-corrected chi connectivity index (χ3v) is 5.01. The summed E-state index contributed by atoms with van der Waals surface area (Å²) < 4.78 is 33.6. The van der Waals surface area contributed by atoms with Crippen molar-refractivity contribution < 1.29 is 23.1 Å². The summed E-state index contributed by atoms with van der Waals surface area (Å²) in [6.07, 6.45) is 0.166. The highest BCUT2D eigenvalue weighted by atomic mass is 32.2. The van der Waals surface area contributed by atoms with Gasteiger partial charge < -0.3 is 9.84 Å². The Bertz CT molecular complexity index is 429. The van der Waals surface area contributed by atoms with Crippen molar-refractivity contribution in [3.05, 3.63) is 0 Å². The van der Waals surface area contributed by atoms with Gasteiger partial charge in [0.2, 0.25) is 0 Å². The van der Waals surface area contributed by atoms with E-state index in [0.717, 1.165) is 0 Å². The summed E-state index contributed by atoms with van der Waals surface area (Å²) in [4.78, 5) is 11.2. The molecule has 2 unspecified atom stereocenters. The summed E-state index contributed by atoms with van der Waals surface area (Å²) in [6.45, 7) is 7.59. The molecule has 4 atom stereocenters. The summed E-state index contributed by atoms with van der Waals surface area (Å²) in [6, 6.07) is -1.11. The van der Waals surface area contributed by atoms with E-state index in [1.54, 1.807) is 20.8 Å². The smallest absolute Gasteiger partial charge is 0.322 e. The maximum absolute atomic E-state index is 12.3. The number of carboxylic acids is 1. The van der Waals surface area contributed by atoms with Gasteiger partial charge in [0.05, 0.1) is 12.2 Å². The zero-order valence-corrected chi connectivity index (χ0v) is 13.2. The number of hydrogen-bond donors (Lipinski definition) is 2. The number of carboxylic acid groups (broad SMARTS) is 1. The van der Waals surface area contributed by atoms with Crippen LogP contribution in [0.3, 0.4) is 0 Å². The second kappa shape index (κ2) is 6.84. The topological polar surface area (TPSA) is 95.9 Å². The Kier molecular flexibility index (Phi) is 5.93. The lowest BCUT2D eigenvalue weighted by atomic mass is 10.0. The molecule has 1 aliphatic rings. The van der Waals surface area contributed by atoms with Gasteiger partial charge in [-0.25, -0.2) is 0 Å². The highest BCUT2D eigenvalue weighted by Gasteiger charge is 2.35. The van der Waals surface area contributed by atoms with Crippen LogP contribution < -0.4 is 4.72 Å². The van der Waals surface area contributed by atoms with E-state index in [9.17, 15) is 18.3 Å². The lowest BCUT2D eigenvalue weighted by Crippen LogP contribution is -2.56. The summed E-state index contributed by atoms with van der Waals surface area (Å²) in [5.74, 6) is -1.43. The molecule has 0 radical (unpaired) electrons. The van der Waals surface area contributed by atoms with E-state index in [-0.39, 0.29) is 31.2 Å². The zero-order chi connectivity index (χ0) is 15.5. The van der Waals surface area contributed by atoms with Crippen molar-refractivity contribution in [1.82, 2.24) is 9.03 Å². The molecule has 0 aromatic carbocycles. The van der Waals surface area contributed by atoms with Crippen LogP contribution in [-0.4, -0.2) is 55.1 Å². The number of rotatable bonds is 6. The maximum Gasteiger partial charge on any atom is 0.322 e. The molecule has 1 rings (SSSR count). The predicted molar refractivity (Wildman–Crippen MR) is 74.5 cm³/mol. The second-order valence-corrected chi connectivity index (χ2v) is 7.10. The largest absolute Gasteiger partial charge is 0.480 e. The molecule has 1 fully saturated rings. The molecule has 0 amide bonds. The van der Waals surface area contributed by atoms with Gasteiger partial charge in [-0.15, -0.1) is 0 Å². The molecule has 1 heterocycles. The number of ether oxygens (including phenoxy) is 1. The van der Waals surface area contributed by atoms with E-state index in [1.165, 1.54) is 4.31 Å². The molecule has 7 nitrogen and oxygen atoms in total. The van der Waals surface area contributed by atoms with Gasteiger partial charge in [-0.05, 0) is 19.8 Å². The van der Waals surface area contributed by atoms with Gasteiger partial charge in [-0.2, -0.15) is 17.4 Å². The highest BCUT2D eigenvalue weighted by molar-refractivity contribution is 7.87. The van der Waals surface area contributed by atoms with E-state index in [0.29, 0.717) is 6.42 Å². The van der Waals surface area contributed by atoms with Gasteiger partial charge in [-0.1, -0.05) is 20.3 Å². The lowest BCUT2D eigenvalue weighted by molar-refractivity contribution is -0.140. The second-order valence-electron chi connectivity index (χ2n) is 5.40. The Morgan fingerprint density at radius 1 is 1.40 bits per heavy atom. The summed E-state index contributed by atoms with van der Waals surface area (Å²) >= 11 is 0. The summed E-state index contributed by atoms with van der Waals surface area (Å²) in [5.41, 5.74) is 0. The van der Waals surface area contributed by atoms with Crippen molar-refractivity contribution in [1.29, 1.82) is 0 Å². The summed E-state index contributed by atoms with van der Waals surface area (Å²) in [5, 5.41) is 9.17. The maximum atomic E-state index is 12.3. The molecule has 1 aliphatic heterocycles. The fourth-order valence-electron chi connectivity index (χ4n) is 2.21. The molecule has 0 aliphatic carbocycles. The number of carbonyl (C=O) groups is 1. The van der Waals surface area contributed by atoms with E-state index >= 15 is 0 Å². The van der Waals surface area contributed by atoms with Crippen LogP contribution in [0.1, 0.15) is 34.1 Å². The molecule has 118 valence electrons. The standard InChI is InChI=1S/C12H24N2O5S/c1-5-8(2)11(12(15)16)13-20(17,18)14-6-9(3)19-10(4)7-14/h8-11,13H,5-7H2,1-4H3,(H,15,16)/t8-,9?,10?,11-/m0/s1. The minimum Gasteiger partial charge on any atom is -0.480 e. The molecule has 8 heteroatoms. The van der Waals surface area contributed by atoms with Gasteiger partial charge in [0.25, 0.3) is 10.2 Å². The lowest BCUT2D eigenvalue weighted by Gasteiger charge is -2.35. The first-order chi connectivity index (χ1) is 9.17. The third kappa shape index (κ3) is 4.41. The van der Waals surface area contributed by atoms with Gasteiger partial charge in [-0.3, -0.25) is 4.79 Å². The monoisotopic (exact) mass is 308 g/mol. The van der Waals surface area contributed by atoms with Crippen molar-refractivity contribution in [2.45, 2.75) is 52.4 Å². The van der Waals surface area contributed by atoms with Crippen molar-refractivity contribution in [3.8, 4) is 0 Å². The van der Waals surface area contributed by atoms with Crippen molar-refractivity contribution in [2.75, 3.05) is 13.1 Å². The molecule has 0 spiro atoms. The minimum atomic E-state index is -3.83. The van der Waals surface area contributed by atoms with Crippen LogP contribution in [0.5, 0.6) is 0 Å². The normalized spacial score (nSPS) is 28.0. The molecule has 2 N–H and O–H groups in total. The van der Waals surface area contributed by atoms with E-state index in [1.807, 2.05) is 6.92 Å². The van der Waals surface area contributed by atoms with Gasteiger partial charge >= 0.3 is 5.97 Å². The van der Waals surface area contributed by atoms with Crippen molar-refractivity contribution >= 4 is 16.2 Å². The third-order valence-electron chi connectivity index (χ3n) is 3.48. The van der Waals surface area contributed by atoms with E-state index in [4.69, 9.17) is 4.74 Å². The Morgan fingerprint density at radius 2 is 1.90 bits per heavy atom. The molecule has 1 saturated heterocycles. The van der Waals surface area contributed by atoms with Crippen LogP contribution in [0.2, 0.25) is 0 Å². The zero-order valence-electron chi connectivity index (χ0n) is 12.4. The fourth-order valence-corrected chi connectivity index (χ4v) is 3.82. The van der Waals surface area contributed by atoms with Crippen molar-refractivity contribution in [2.24, 2.45) is 5.92 Å². The Labute approximate surface area is 120 Å². The Balaban J connectivity index is 2.84. The van der Waals surface area contributed by atoms with Gasteiger partial charge in [0.1, 0.15) is 6.04 Å². The Morgan fingerprint density at radius 3 is 2.30 bits per heavy atom. The number of morpholine rings is 1. The molecule has 20 heavy (non-hydrogen) atoms. The molecule has 0 bridgehead atoms. The van der Waals surface area contributed by atoms with Crippen LogP contribution in [0.4, 0.5) is 0 Å².